The zero-order chi connectivity index (χ0) is 18.5. The van der Waals surface area contributed by atoms with Crippen molar-refractivity contribution in [2.24, 2.45) is 0 Å². The number of rotatable bonds is 6. The van der Waals surface area contributed by atoms with Gasteiger partial charge in [-0.25, -0.2) is 0 Å². The molecular formula is C20H28N4O2. The molecule has 0 unspecified atom stereocenters. The van der Waals surface area contributed by atoms with Crippen LogP contribution in [0.15, 0.2) is 30.3 Å². The first-order valence-electron chi connectivity index (χ1n) is 9.27. The van der Waals surface area contributed by atoms with Crippen LogP contribution in [0.25, 0.3) is 0 Å². The van der Waals surface area contributed by atoms with Crippen molar-refractivity contribution in [3.63, 3.8) is 0 Å². The molecule has 2 N–H and O–H groups in total. The van der Waals surface area contributed by atoms with E-state index in [9.17, 15) is 9.90 Å². The maximum absolute atomic E-state index is 12.3. The number of aromatic nitrogens is 2. The topological polar surface area (TPSA) is 70.4 Å². The molecule has 3 rings (SSSR count). The number of β-amino-alcohol motifs (C(OH)–C–C–N with tert-alkyl or cyclic N) is 1. The molecule has 1 saturated heterocycles. The SMILES string of the molecule is Cc1nn(Cc2ccccc2)c(C)c1CNC(=O)CN1CCC[C@@H](O)C1. The highest BCUT2D eigenvalue weighted by Gasteiger charge is 2.20. The Hall–Kier alpha value is -2.18. The first-order chi connectivity index (χ1) is 12.5. The molecule has 1 amide bonds. The molecule has 2 heterocycles. The van der Waals surface area contributed by atoms with Gasteiger partial charge in [-0.05, 0) is 38.8 Å². The Bertz CT molecular complexity index is 742. The summed E-state index contributed by atoms with van der Waals surface area (Å²) in [5, 5.41) is 17.3. The molecular weight excluding hydrogens is 328 g/mol. The Morgan fingerprint density at radius 1 is 1.31 bits per heavy atom. The highest BCUT2D eigenvalue weighted by atomic mass is 16.3. The highest BCUT2D eigenvalue weighted by Crippen LogP contribution is 2.15. The lowest BCUT2D eigenvalue weighted by Gasteiger charge is -2.29. The summed E-state index contributed by atoms with van der Waals surface area (Å²) >= 11 is 0. The van der Waals surface area contributed by atoms with Crippen LogP contribution in [0.3, 0.4) is 0 Å². The number of piperidine rings is 1. The number of carbonyl (C=O) groups excluding carboxylic acids is 1. The Kier molecular flexibility index (Phi) is 6.06. The van der Waals surface area contributed by atoms with Gasteiger partial charge in [-0.1, -0.05) is 30.3 Å². The van der Waals surface area contributed by atoms with Gasteiger partial charge in [-0.2, -0.15) is 5.10 Å². The third kappa shape index (κ3) is 4.71. The predicted molar refractivity (Wildman–Crippen MR) is 101 cm³/mol. The lowest BCUT2D eigenvalue weighted by Crippen LogP contribution is -2.44. The summed E-state index contributed by atoms with van der Waals surface area (Å²) in [5.41, 5.74) is 4.32. The van der Waals surface area contributed by atoms with E-state index in [1.54, 1.807) is 0 Å². The third-order valence-corrected chi connectivity index (χ3v) is 5.02. The van der Waals surface area contributed by atoms with E-state index in [2.05, 4.69) is 22.5 Å². The van der Waals surface area contributed by atoms with Crippen LogP contribution >= 0.6 is 0 Å². The molecule has 1 aromatic carbocycles. The van der Waals surface area contributed by atoms with Crippen molar-refractivity contribution in [2.75, 3.05) is 19.6 Å². The van der Waals surface area contributed by atoms with Gasteiger partial charge in [0.05, 0.1) is 24.9 Å². The van der Waals surface area contributed by atoms with E-state index in [-0.39, 0.29) is 12.0 Å². The predicted octanol–water partition coefficient (Wildman–Crippen LogP) is 1.62. The number of benzene rings is 1. The van der Waals surface area contributed by atoms with E-state index in [0.717, 1.165) is 42.9 Å². The first kappa shape index (κ1) is 18.6. The summed E-state index contributed by atoms with van der Waals surface area (Å²) in [6.45, 7) is 7.04. The van der Waals surface area contributed by atoms with E-state index in [0.29, 0.717) is 19.6 Å². The standard InChI is InChI=1S/C20H28N4O2/c1-15-19(11-21-20(26)14-23-10-6-9-18(25)13-23)16(2)24(22-15)12-17-7-4-3-5-8-17/h3-5,7-8,18,25H,6,9-14H2,1-2H3,(H,21,26)/t18-/m1/s1. The number of aliphatic hydroxyl groups excluding tert-OH is 1. The number of hydrogen-bond donors (Lipinski definition) is 2. The second kappa shape index (κ2) is 8.47. The Morgan fingerprint density at radius 2 is 2.08 bits per heavy atom. The van der Waals surface area contributed by atoms with Crippen LogP contribution in [0.2, 0.25) is 0 Å². The maximum atomic E-state index is 12.3. The largest absolute Gasteiger partial charge is 0.392 e. The van der Waals surface area contributed by atoms with Gasteiger partial charge in [0.25, 0.3) is 0 Å². The molecule has 1 aliphatic rings. The number of likely N-dealkylation sites (tertiary alicyclic amines) is 1. The summed E-state index contributed by atoms with van der Waals surface area (Å²) in [6, 6.07) is 10.2. The molecule has 0 spiro atoms. The van der Waals surface area contributed by atoms with Gasteiger partial charge in [-0.15, -0.1) is 0 Å². The zero-order valence-corrected chi connectivity index (χ0v) is 15.6. The van der Waals surface area contributed by atoms with Crippen LogP contribution in [-0.2, 0) is 17.9 Å². The van der Waals surface area contributed by atoms with Crippen LogP contribution < -0.4 is 5.32 Å². The number of aliphatic hydroxyl groups is 1. The average molecular weight is 356 g/mol. The van der Waals surface area contributed by atoms with Crippen molar-refractivity contribution in [1.82, 2.24) is 20.0 Å². The van der Waals surface area contributed by atoms with Crippen LogP contribution in [-0.4, -0.2) is 51.4 Å². The molecule has 1 aromatic heterocycles. The highest BCUT2D eigenvalue weighted by molar-refractivity contribution is 5.78. The van der Waals surface area contributed by atoms with Crippen molar-refractivity contribution in [2.45, 2.75) is 45.9 Å². The second-order valence-electron chi connectivity index (χ2n) is 7.10. The van der Waals surface area contributed by atoms with Crippen molar-refractivity contribution >= 4 is 5.91 Å². The van der Waals surface area contributed by atoms with E-state index >= 15 is 0 Å². The fraction of sp³-hybridized carbons (Fsp3) is 0.500. The minimum Gasteiger partial charge on any atom is -0.392 e. The van der Waals surface area contributed by atoms with Crippen molar-refractivity contribution in [3.05, 3.63) is 52.8 Å². The molecule has 1 fully saturated rings. The molecule has 1 aliphatic heterocycles. The van der Waals surface area contributed by atoms with Gasteiger partial charge in [0, 0.05) is 24.3 Å². The Balaban J connectivity index is 1.57. The van der Waals surface area contributed by atoms with Crippen LogP contribution in [0, 0.1) is 13.8 Å². The molecule has 6 heteroatoms. The van der Waals surface area contributed by atoms with E-state index < -0.39 is 0 Å². The summed E-state index contributed by atoms with van der Waals surface area (Å²) in [5.74, 6) is -0.00582. The Labute approximate surface area is 154 Å². The molecule has 0 bridgehead atoms. The van der Waals surface area contributed by atoms with Crippen LogP contribution in [0.5, 0.6) is 0 Å². The quantitative estimate of drug-likeness (QED) is 0.825. The van der Waals surface area contributed by atoms with E-state index in [4.69, 9.17) is 0 Å². The third-order valence-electron chi connectivity index (χ3n) is 5.02. The monoisotopic (exact) mass is 356 g/mol. The fourth-order valence-electron chi connectivity index (χ4n) is 3.52. The summed E-state index contributed by atoms with van der Waals surface area (Å²) in [6.07, 6.45) is 1.47. The van der Waals surface area contributed by atoms with E-state index in [1.165, 1.54) is 5.56 Å². The molecule has 140 valence electrons. The molecule has 0 radical (unpaired) electrons. The number of aryl methyl sites for hydroxylation is 1. The van der Waals surface area contributed by atoms with E-state index in [1.807, 2.05) is 41.6 Å². The minimum absolute atomic E-state index is 0.00582. The molecule has 0 aliphatic carbocycles. The van der Waals surface area contributed by atoms with Gasteiger partial charge >= 0.3 is 0 Å². The second-order valence-corrected chi connectivity index (χ2v) is 7.10. The molecule has 26 heavy (non-hydrogen) atoms. The van der Waals surface area contributed by atoms with Gasteiger partial charge < -0.3 is 10.4 Å². The van der Waals surface area contributed by atoms with Gasteiger partial charge in [-0.3, -0.25) is 14.4 Å². The minimum atomic E-state index is -0.308. The molecule has 1 atom stereocenters. The average Bonchev–Trinajstić information content (AvgIpc) is 2.87. The van der Waals surface area contributed by atoms with Crippen molar-refractivity contribution in [3.8, 4) is 0 Å². The van der Waals surface area contributed by atoms with Gasteiger partial charge in [0.15, 0.2) is 0 Å². The normalized spacial score (nSPS) is 18.0. The van der Waals surface area contributed by atoms with Crippen molar-refractivity contribution in [1.29, 1.82) is 0 Å². The maximum Gasteiger partial charge on any atom is 0.234 e. The lowest BCUT2D eigenvalue weighted by atomic mass is 10.1. The first-order valence-corrected chi connectivity index (χ1v) is 9.27. The lowest BCUT2D eigenvalue weighted by molar-refractivity contribution is -0.123. The van der Waals surface area contributed by atoms with Gasteiger partial charge in [0.2, 0.25) is 5.91 Å². The van der Waals surface area contributed by atoms with Crippen molar-refractivity contribution < 1.29 is 9.90 Å². The zero-order valence-electron chi connectivity index (χ0n) is 15.6. The smallest absolute Gasteiger partial charge is 0.234 e. The number of nitrogens with one attached hydrogen (secondary N) is 1. The fourth-order valence-corrected chi connectivity index (χ4v) is 3.52. The number of nitrogens with zero attached hydrogens (tertiary/aromatic N) is 3. The van der Waals surface area contributed by atoms with Crippen LogP contribution in [0.4, 0.5) is 0 Å². The number of amides is 1. The Morgan fingerprint density at radius 3 is 2.81 bits per heavy atom. The number of carbonyl (C=O) groups is 1. The molecule has 6 nitrogen and oxygen atoms in total. The summed E-state index contributed by atoms with van der Waals surface area (Å²) in [4.78, 5) is 14.3. The van der Waals surface area contributed by atoms with Crippen LogP contribution in [0.1, 0.15) is 35.4 Å². The van der Waals surface area contributed by atoms with Gasteiger partial charge in [0.1, 0.15) is 0 Å². The molecule has 0 saturated carbocycles. The summed E-state index contributed by atoms with van der Waals surface area (Å²) < 4.78 is 1.99. The molecule has 2 aromatic rings. The summed E-state index contributed by atoms with van der Waals surface area (Å²) in [7, 11) is 0. The number of hydrogen-bond acceptors (Lipinski definition) is 4.